The molecular formula is C18H26NO3+. The van der Waals surface area contributed by atoms with E-state index in [2.05, 4.69) is 0 Å². The number of fused-ring (bicyclic) bond motifs is 3. The van der Waals surface area contributed by atoms with Gasteiger partial charge in [0, 0.05) is 32.6 Å². The van der Waals surface area contributed by atoms with E-state index in [1.54, 1.807) is 0 Å². The third-order valence-corrected chi connectivity index (χ3v) is 5.17. The Balaban J connectivity index is 1.53. The fourth-order valence-corrected chi connectivity index (χ4v) is 3.97. The molecule has 120 valence electrons. The largest absolute Gasteiger partial charge is 0.493 e. The van der Waals surface area contributed by atoms with E-state index in [1.807, 2.05) is 30.3 Å². The van der Waals surface area contributed by atoms with Crippen LogP contribution in [0.2, 0.25) is 0 Å². The molecule has 3 heterocycles. The van der Waals surface area contributed by atoms with Crippen molar-refractivity contribution in [1.29, 1.82) is 0 Å². The zero-order chi connectivity index (χ0) is 15.4. The fourth-order valence-electron chi connectivity index (χ4n) is 3.97. The summed E-state index contributed by atoms with van der Waals surface area (Å²) in [5.74, 6) is 1.54. The molecule has 4 rings (SSSR count). The second-order valence-electron chi connectivity index (χ2n) is 6.65. The quantitative estimate of drug-likeness (QED) is 0.460. The molecule has 3 aliphatic heterocycles. The van der Waals surface area contributed by atoms with Crippen LogP contribution >= 0.6 is 0 Å². The lowest BCUT2D eigenvalue weighted by Crippen LogP contribution is -2.65. The summed E-state index contributed by atoms with van der Waals surface area (Å²) in [6.07, 6.45) is 4.66. The number of piperidine rings is 3. The van der Waals surface area contributed by atoms with E-state index in [1.165, 1.54) is 19.8 Å². The predicted octanol–water partition coefficient (Wildman–Crippen LogP) is 2.98. The first-order valence-electron chi connectivity index (χ1n) is 8.39. The first-order valence-corrected chi connectivity index (χ1v) is 8.39. The molecule has 1 atom stereocenters. The SMILES string of the molecule is CC(=O)OC1CC2CC[N+]1(CCCOc1ccccc1)CC2. The number of nitrogens with zero attached hydrogens (tertiary/aromatic N) is 1. The maximum atomic E-state index is 11.4. The van der Waals surface area contributed by atoms with Gasteiger partial charge in [-0.2, -0.15) is 0 Å². The lowest BCUT2D eigenvalue weighted by molar-refractivity contribution is -0.984. The minimum Gasteiger partial charge on any atom is -0.493 e. The lowest BCUT2D eigenvalue weighted by atomic mass is 9.84. The Hall–Kier alpha value is -1.55. The van der Waals surface area contributed by atoms with Crippen LogP contribution in [-0.4, -0.2) is 42.9 Å². The van der Waals surface area contributed by atoms with Crippen LogP contribution in [0.4, 0.5) is 0 Å². The smallest absolute Gasteiger partial charge is 0.307 e. The number of quaternary nitrogens is 1. The molecule has 0 aromatic heterocycles. The number of esters is 1. The number of benzene rings is 1. The number of hydrogen-bond acceptors (Lipinski definition) is 3. The van der Waals surface area contributed by atoms with E-state index in [-0.39, 0.29) is 12.2 Å². The van der Waals surface area contributed by atoms with Crippen LogP contribution in [0, 0.1) is 5.92 Å². The van der Waals surface area contributed by atoms with Crippen molar-refractivity contribution in [3.63, 3.8) is 0 Å². The van der Waals surface area contributed by atoms with Gasteiger partial charge in [-0.25, -0.2) is 0 Å². The second-order valence-corrected chi connectivity index (χ2v) is 6.65. The number of ether oxygens (including phenoxy) is 2. The topological polar surface area (TPSA) is 35.5 Å². The van der Waals surface area contributed by atoms with Gasteiger partial charge in [0.25, 0.3) is 0 Å². The van der Waals surface area contributed by atoms with E-state index in [9.17, 15) is 4.79 Å². The van der Waals surface area contributed by atoms with E-state index in [4.69, 9.17) is 9.47 Å². The average molecular weight is 304 g/mol. The summed E-state index contributed by atoms with van der Waals surface area (Å²) in [5.41, 5.74) is 0. The fraction of sp³-hybridized carbons (Fsp3) is 0.611. The summed E-state index contributed by atoms with van der Waals surface area (Å²) in [6, 6.07) is 9.95. The molecule has 22 heavy (non-hydrogen) atoms. The van der Waals surface area contributed by atoms with Crippen molar-refractivity contribution in [2.75, 3.05) is 26.2 Å². The Bertz CT molecular complexity index is 494. The van der Waals surface area contributed by atoms with E-state index < -0.39 is 0 Å². The number of rotatable bonds is 6. The molecule has 4 nitrogen and oxygen atoms in total. The van der Waals surface area contributed by atoms with Crippen LogP contribution < -0.4 is 4.74 Å². The number of carbonyl (C=O) groups excluding carboxylic acids is 1. The highest BCUT2D eigenvalue weighted by Crippen LogP contribution is 2.39. The summed E-state index contributed by atoms with van der Waals surface area (Å²) >= 11 is 0. The minimum atomic E-state index is -0.143. The Kier molecular flexibility index (Phi) is 4.67. The van der Waals surface area contributed by atoms with Gasteiger partial charge in [0.2, 0.25) is 6.23 Å². The molecule has 0 spiro atoms. The highest BCUT2D eigenvalue weighted by Gasteiger charge is 2.48. The summed E-state index contributed by atoms with van der Waals surface area (Å²) in [4.78, 5) is 11.4. The van der Waals surface area contributed by atoms with E-state index >= 15 is 0 Å². The highest BCUT2D eigenvalue weighted by atomic mass is 16.6. The van der Waals surface area contributed by atoms with Crippen LogP contribution in [0.15, 0.2) is 30.3 Å². The maximum Gasteiger partial charge on any atom is 0.307 e. The molecule has 3 aliphatic rings. The van der Waals surface area contributed by atoms with Crippen LogP contribution in [-0.2, 0) is 9.53 Å². The van der Waals surface area contributed by atoms with Gasteiger partial charge in [-0.15, -0.1) is 0 Å². The minimum absolute atomic E-state index is 0.0710. The van der Waals surface area contributed by atoms with E-state index in [0.29, 0.717) is 0 Å². The average Bonchev–Trinajstić information content (AvgIpc) is 2.54. The zero-order valence-corrected chi connectivity index (χ0v) is 13.4. The summed E-state index contributed by atoms with van der Waals surface area (Å²) in [5, 5.41) is 0. The van der Waals surface area contributed by atoms with Crippen LogP contribution in [0.3, 0.4) is 0 Å². The molecule has 0 radical (unpaired) electrons. The molecule has 2 bridgehead atoms. The molecular weight excluding hydrogens is 278 g/mol. The summed E-state index contributed by atoms with van der Waals surface area (Å²) < 4.78 is 12.4. The molecule has 0 aliphatic carbocycles. The molecule has 0 saturated carbocycles. The zero-order valence-electron chi connectivity index (χ0n) is 13.4. The van der Waals surface area contributed by atoms with Gasteiger partial charge in [0.05, 0.1) is 26.2 Å². The van der Waals surface area contributed by atoms with Crippen molar-refractivity contribution in [2.45, 2.75) is 38.8 Å². The Morgan fingerprint density at radius 1 is 1.23 bits per heavy atom. The monoisotopic (exact) mass is 304 g/mol. The third-order valence-electron chi connectivity index (χ3n) is 5.17. The summed E-state index contributed by atoms with van der Waals surface area (Å²) in [7, 11) is 0. The second kappa shape index (κ2) is 6.69. The van der Waals surface area contributed by atoms with Gasteiger partial charge in [-0.05, 0) is 18.1 Å². The van der Waals surface area contributed by atoms with Gasteiger partial charge in [-0.3, -0.25) is 9.28 Å². The first kappa shape index (κ1) is 15.3. The van der Waals surface area contributed by atoms with Crippen LogP contribution in [0.1, 0.15) is 32.6 Å². The van der Waals surface area contributed by atoms with Gasteiger partial charge < -0.3 is 9.47 Å². The third kappa shape index (κ3) is 3.43. The Morgan fingerprint density at radius 3 is 2.64 bits per heavy atom. The summed E-state index contributed by atoms with van der Waals surface area (Å²) in [6.45, 7) is 5.58. The maximum absolute atomic E-state index is 11.4. The first-order chi connectivity index (χ1) is 10.7. The van der Waals surface area contributed by atoms with Crippen molar-refractivity contribution in [3.05, 3.63) is 30.3 Å². The van der Waals surface area contributed by atoms with Crippen LogP contribution in [0.5, 0.6) is 5.75 Å². The van der Waals surface area contributed by atoms with Gasteiger partial charge in [0.1, 0.15) is 5.75 Å². The molecule has 4 heteroatoms. The number of carbonyl (C=O) groups is 1. The molecule has 0 N–H and O–H groups in total. The van der Waals surface area contributed by atoms with Gasteiger partial charge >= 0.3 is 5.97 Å². The normalized spacial score (nSPS) is 30.0. The van der Waals surface area contributed by atoms with Crippen molar-refractivity contribution < 1.29 is 18.8 Å². The lowest BCUT2D eigenvalue weighted by Gasteiger charge is -2.53. The molecule has 1 aromatic carbocycles. The predicted molar refractivity (Wildman–Crippen MR) is 84.3 cm³/mol. The Labute approximate surface area is 132 Å². The molecule has 0 amide bonds. The molecule has 3 fully saturated rings. The van der Waals surface area contributed by atoms with E-state index in [0.717, 1.165) is 55.2 Å². The van der Waals surface area contributed by atoms with Crippen LogP contribution in [0.25, 0.3) is 0 Å². The molecule has 3 saturated heterocycles. The van der Waals surface area contributed by atoms with Gasteiger partial charge in [-0.1, -0.05) is 18.2 Å². The van der Waals surface area contributed by atoms with Crippen molar-refractivity contribution in [2.24, 2.45) is 5.92 Å². The molecule has 1 unspecified atom stereocenters. The number of para-hydroxylation sites is 1. The number of hydrogen-bond donors (Lipinski definition) is 0. The standard InChI is InChI=1S/C18H26NO3/c1-15(20)22-18-14-16-8-11-19(18,12-9-16)10-5-13-21-17-6-3-2-4-7-17/h2-4,6-7,16,18H,5,8-14H2,1H3/q+1. The van der Waals surface area contributed by atoms with Gasteiger partial charge in [0.15, 0.2) is 0 Å². The Morgan fingerprint density at radius 2 is 1.95 bits per heavy atom. The van der Waals surface area contributed by atoms with Crippen molar-refractivity contribution in [3.8, 4) is 5.75 Å². The van der Waals surface area contributed by atoms with Crippen molar-refractivity contribution in [1.82, 2.24) is 0 Å². The highest BCUT2D eigenvalue weighted by molar-refractivity contribution is 5.66. The molecule has 1 aromatic rings. The van der Waals surface area contributed by atoms with Crippen molar-refractivity contribution >= 4 is 5.97 Å².